The number of aliphatic carboxylic acids is 1. The van der Waals surface area contributed by atoms with Crippen LogP contribution in [-0.2, 0) is 9.59 Å². The monoisotopic (exact) mass is 399 g/mol. The van der Waals surface area contributed by atoms with Crippen LogP contribution in [0.25, 0.3) is 0 Å². The highest BCUT2D eigenvalue weighted by molar-refractivity contribution is 5.94. The lowest BCUT2D eigenvalue weighted by atomic mass is 9.74. The first-order chi connectivity index (χ1) is 13.9. The molecule has 1 saturated carbocycles. The van der Waals surface area contributed by atoms with Gasteiger partial charge in [-0.15, -0.1) is 11.8 Å². The molecule has 2 unspecified atom stereocenters. The fourth-order valence-corrected chi connectivity index (χ4v) is 4.04. The number of aliphatic hydroxyl groups is 2. The van der Waals surface area contributed by atoms with Gasteiger partial charge in [0.15, 0.2) is 0 Å². The van der Waals surface area contributed by atoms with Crippen LogP contribution in [-0.4, -0.2) is 38.8 Å². The van der Waals surface area contributed by atoms with E-state index in [2.05, 4.69) is 11.8 Å². The second kappa shape index (κ2) is 9.43. The SMILES string of the molecule is O=C(O)CCCC#CCC1CCCC(=O)N1c1ccc(C(O)C2(O)CCC2)cc1. The quantitative estimate of drug-likeness (QED) is 0.483. The largest absolute Gasteiger partial charge is 0.481 e. The van der Waals surface area contributed by atoms with Crippen molar-refractivity contribution in [3.63, 3.8) is 0 Å². The van der Waals surface area contributed by atoms with E-state index in [1.165, 1.54) is 0 Å². The molecule has 1 amide bonds. The zero-order chi connectivity index (χ0) is 20.9. The zero-order valence-electron chi connectivity index (χ0n) is 16.6. The van der Waals surface area contributed by atoms with Crippen LogP contribution < -0.4 is 4.90 Å². The second-order valence-corrected chi connectivity index (χ2v) is 8.07. The molecule has 156 valence electrons. The van der Waals surface area contributed by atoms with E-state index in [4.69, 9.17) is 5.11 Å². The third-order valence-corrected chi connectivity index (χ3v) is 5.93. The molecule has 1 aliphatic carbocycles. The summed E-state index contributed by atoms with van der Waals surface area (Å²) in [6, 6.07) is 7.23. The number of carboxylic acid groups (broad SMARTS) is 1. The third kappa shape index (κ3) is 5.17. The van der Waals surface area contributed by atoms with E-state index < -0.39 is 17.7 Å². The summed E-state index contributed by atoms with van der Waals surface area (Å²) in [5, 5.41) is 29.5. The van der Waals surface area contributed by atoms with Crippen molar-refractivity contribution < 1.29 is 24.9 Å². The Morgan fingerprint density at radius 2 is 1.93 bits per heavy atom. The molecule has 2 aliphatic rings. The maximum absolute atomic E-state index is 12.6. The molecule has 29 heavy (non-hydrogen) atoms. The highest BCUT2D eigenvalue weighted by Crippen LogP contribution is 2.42. The molecule has 6 nitrogen and oxygen atoms in total. The third-order valence-electron chi connectivity index (χ3n) is 5.93. The van der Waals surface area contributed by atoms with Gasteiger partial charge in [0.2, 0.25) is 5.91 Å². The van der Waals surface area contributed by atoms with Gasteiger partial charge in [-0.3, -0.25) is 9.59 Å². The van der Waals surface area contributed by atoms with Gasteiger partial charge in [0.1, 0.15) is 6.10 Å². The Hall–Kier alpha value is -2.36. The summed E-state index contributed by atoms with van der Waals surface area (Å²) >= 11 is 0. The molecule has 2 atom stereocenters. The van der Waals surface area contributed by atoms with Crippen molar-refractivity contribution in [1.82, 2.24) is 0 Å². The van der Waals surface area contributed by atoms with Crippen LogP contribution in [0.3, 0.4) is 0 Å². The first kappa shape index (κ1) is 21.4. The summed E-state index contributed by atoms with van der Waals surface area (Å²) < 4.78 is 0. The maximum Gasteiger partial charge on any atom is 0.303 e. The molecule has 3 rings (SSSR count). The Kier molecular flexibility index (Phi) is 6.94. The van der Waals surface area contributed by atoms with Gasteiger partial charge in [0.05, 0.1) is 5.60 Å². The number of hydrogen-bond donors (Lipinski definition) is 3. The van der Waals surface area contributed by atoms with Gasteiger partial charge in [-0.25, -0.2) is 0 Å². The maximum atomic E-state index is 12.6. The molecule has 3 N–H and O–H groups in total. The van der Waals surface area contributed by atoms with Crippen LogP contribution in [0.1, 0.15) is 75.9 Å². The van der Waals surface area contributed by atoms with Gasteiger partial charge < -0.3 is 20.2 Å². The number of benzene rings is 1. The number of rotatable bonds is 7. The summed E-state index contributed by atoms with van der Waals surface area (Å²) in [7, 11) is 0. The highest BCUT2D eigenvalue weighted by Gasteiger charge is 2.42. The van der Waals surface area contributed by atoms with E-state index in [0.717, 1.165) is 24.9 Å². The molecule has 0 bridgehead atoms. The van der Waals surface area contributed by atoms with Gasteiger partial charge in [-0.2, -0.15) is 0 Å². The Morgan fingerprint density at radius 1 is 1.21 bits per heavy atom. The van der Waals surface area contributed by atoms with Crippen molar-refractivity contribution in [2.45, 2.75) is 82.0 Å². The number of carbonyl (C=O) groups excluding carboxylic acids is 1. The van der Waals surface area contributed by atoms with Crippen molar-refractivity contribution in [2.24, 2.45) is 0 Å². The summed E-state index contributed by atoms with van der Waals surface area (Å²) in [5.41, 5.74) is 0.417. The van der Waals surface area contributed by atoms with Crippen molar-refractivity contribution >= 4 is 17.6 Å². The van der Waals surface area contributed by atoms with Crippen LogP contribution in [0.5, 0.6) is 0 Å². The number of nitrogens with zero attached hydrogens (tertiary/aromatic N) is 1. The first-order valence-corrected chi connectivity index (χ1v) is 10.4. The standard InChI is InChI=1S/C23H29NO5/c25-20-9-5-8-18(7-3-1-2-4-10-21(26)27)24(20)19-13-11-17(12-14-19)22(28)23(29)15-6-16-23/h11-14,18,22,28-29H,2,4-10,15-16H2,(H,26,27). The van der Waals surface area contributed by atoms with Crippen LogP contribution in [0.4, 0.5) is 5.69 Å². The molecule has 6 heteroatoms. The van der Waals surface area contributed by atoms with Crippen LogP contribution >= 0.6 is 0 Å². The van der Waals surface area contributed by atoms with E-state index >= 15 is 0 Å². The number of carboxylic acids is 1. The van der Waals surface area contributed by atoms with Crippen LogP contribution in [0, 0.1) is 11.8 Å². The Bertz CT molecular complexity index is 788. The van der Waals surface area contributed by atoms with Crippen molar-refractivity contribution in [3.05, 3.63) is 29.8 Å². The van der Waals surface area contributed by atoms with Gasteiger partial charge >= 0.3 is 5.97 Å². The summed E-state index contributed by atoms with van der Waals surface area (Å²) in [4.78, 5) is 24.9. The minimum absolute atomic E-state index is 0.00480. The van der Waals surface area contributed by atoms with Gasteiger partial charge in [0.25, 0.3) is 0 Å². The molecule has 0 spiro atoms. The lowest BCUT2D eigenvalue weighted by Crippen LogP contribution is -2.44. The normalized spacial score (nSPS) is 21.7. The van der Waals surface area contributed by atoms with E-state index in [1.54, 1.807) is 17.0 Å². The number of unbranched alkanes of at least 4 members (excludes halogenated alkanes) is 1. The van der Waals surface area contributed by atoms with E-state index in [-0.39, 0.29) is 18.4 Å². The van der Waals surface area contributed by atoms with E-state index in [0.29, 0.717) is 44.1 Å². The number of aliphatic hydroxyl groups excluding tert-OH is 1. The Labute approximate surface area is 171 Å². The molecule has 0 radical (unpaired) electrons. The Balaban J connectivity index is 1.65. The summed E-state index contributed by atoms with van der Waals surface area (Å²) in [5.74, 6) is 5.38. The molecule has 1 saturated heterocycles. The average Bonchev–Trinajstić information content (AvgIpc) is 2.68. The molecular weight excluding hydrogens is 370 g/mol. The first-order valence-electron chi connectivity index (χ1n) is 10.4. The summed E-state index contributed by atoms with van der Waals surface area (Å²) in [6.07, 6.45) is 5.20. The minimum atomic E-state index is -1.03. The lowest BCUT2D eigenvalue weighted by molar-refractivity contribution is -0.137. The fourth-order valence-electron chi connectivity index (χ4n) is 4.04. The van der Waals surface area contributed by atoms with Crippen molar-refractivity contribution in [3.8, 4) is 11.8 Å². The second-order valence-electron chi connectivity index (χ2n) is 8.07. The summed E-state index contributed by atoms with van der Waals surface area (Å²) in [6.45, 7) is 0. The smallest absolute Gasteiger partial charge is 0.303 e. The fraction of sp³-hybridized carbons (Fsp3) is 0.565. The Morgan fingerprint density at radius 3 is 2.55 bits per heavy atom. The molecule has 0 aromatic heterocycles. The van der Waals surface area contributed by atoms with Crippen molar-refractivity contribution in [2.75, 3.05) is 4.90 Å². The molecule has 1 heterocycles. The number of hydrogen-bond acceptors (Lipinski definition) is 4. The van der Waals surface area contributed by atoms with E-state index in [1.807, 2.05) is 12.1 Å². The van der Waals surface area contributed by atoms with Crippen LogP contribution in [0.15, 0.2) is 24.3 Å². The zero-order valence-corrected chi connectivity index (χ0v) is 16.6. The predicted molar refractivity (Wildman–Crippen MR) is 109 cm³/mol. The van der Waals surface area contributed by atoms with Gasteiger partial charge in [0, 0.05) is 37.4 Å². The van der Waals surface area contributed by atoms with Gasteiger partial charge in [-0.05, 0) is 56.2 Å². The predicted octanol–water partition coefficient (Wildman–Crippen LogP) is 3.17. The molecule has 1 aromatic carbocycles. The topological polar surface area (TPSA) is 98.1 Å². The van der Waals surface area contributed by atoms with E-state index in [9.17, 15) is 19.8 Å². The molecule has 2 fully saturated rings. The number of piperidine rings is 1. The molecule has 1 aliphatic heterocycles. The highest BCUT2D eigenvalue weighted by atomic mass is 16.4. The number of amides is 1. The molecular formula is C23H29NO5. The van der Waals surface area contributed by atoms with Crippen molar-refractivity contribution in [1.29, 1.82) is 0 Å². The van der Waals surface area contributed by atoms with Crippen LogP contribution in [0.2, 0.25) is 0 Å². The number of carbonyl (C=O) groups is 2. The minimum Gasteiger partial charge on any atom is -0.481 e. The lowest BCUT2D eigenvalue weighted by Gasteiger charge is -2.41. The van der Waals surface area contributed by atoms with Gasteiger partial charge in [-0.1, -0.05) is 12.1 Å². The molecule has 1 aromatic rings. The number of anilines is 1. The average molecular weight is 399 g/mol.